The third-order valence-corrected chi connectivity index (χ3v) is 9.13. The molecule has 6 aromatic rings. The van der Waals surface area contributed by atoms with Gasteiger partial charge in [0.25, 0.3) is 0 Å². The second kappa shape index (κ2) is 9.13. The summed E-state index contributed by atoms with van der Waals surface area (Å²) < 4.78 is 0. The van der Waals surface area contributed by atoms with Crippen LogP contribution < -0.4 is 5.32 Å². The van der Waals surface area contributed by atoms with Gasteiger partial charge in [0.15, 0.2) is 0 Å². The van der Waals surface area contributed by atoms with Gasteiger partial charge in [-0.15, -0.1) is 0 Å². The van der Waals surface area contributed by atoms with E-state index in [9.17, 15) is 0 Å². The van der Waals surface area contributed by atoms with Gasteiger partial charge in [-0.25, -0.2) is 0 Å². The molecule has 5 aromatic heterocycles. The van der Waals surface area contributed by atoms with Crippen molar-refractivity contribution in [3.8, 4) is 55.6 Å². The van der Waals surface area contributed by atoms with Crippen molar-refractivity contribution in [2.45, 2.75) is 5.92 Å². The van der Waals surface area contributed by atoms with Crippen LogP contribution in [0.5, 0.6) is 0 Å². The Morgan fingerprint density at radius 1 is 0.583 bits per heavy atom. The van der Waals surface area contributed by atoms with E-state index in [-0.39, 0.29) is 0 Å². The highest BCUT2D eigenvalue weighted by Crippen LogP contribution is 2.44. The Balaban J connectivity index is 1.43. The first kappa shape index (κ1) is 21.7. The number of aromatic amines is 2. The Labute approximate surface area is 221 Å². The molecule has 3 nitrogen and oxygen atoms in total. The number of thiophene rings is 3. The smallest absolute Gasteiger partial charge is 0.0246 e. The molecule has 1 atom stereocenters. The summed E-state index contributed by atoms with van der Waals surface area (Å²) in [5.41, 5.74) is 14.1. The van der Waals surface area contributed by atoms with Crippen molar-refractivity contribution < 1.29 is 0 Å². The molecule has 0 bridgehead atoms. The number of nitrogens with one attached hydrogen (secondary N) is 3. The zero-order chi connectivity index (χ0) is 23.9. The van der Waals surface area contributed by atoms with Gasteiger partial charge in [0.05, 0.1) is 0 Å². The molecule has 0 fully saturated rings. The van der Waals surface area contributed by atoms with Crippen LogP contribution in [0.25, 0.3) is 55.6 Å². The maximum absolute atomic E-state index is 3.37. The number of benzene rings is 1. The lowest BCUT2D eigenvalue weighted by molar-refractivity contribution is 0.818. The zero-order valence-electron chi connectivity index (χ0n) is 19.3. The van der Waals surface area contributed by atoms with Crippen LogP contribution >= 0.6 is 34.0 Å². The van der Waals surface area contributed by atoms with E-state index in [1.54, 1.807) is 34.0 Å². The van der Waals surface area contributed by atoms with Gasteiger partial charge in [-0.2, -0.15) is 34.0 Å². The van der Waals surface area contributed by atoms with E-state index in [0.717, 1.165) is 6.54 Å². The van der Waals surface area contributed by atoms with Crippen LogP contribution in [-0.4, -0.2) is 16.5 Å². The summed E-state index contributed by atoms with van der Waals surface area (Å²) in [6, 6.07) is 11.4. The highest BCUT2D eigenvalue weighted by atomic mass is 32.1. The van der Waals surface area contributed by atoms with Crippen molar-refractivity contribution in [1.29, 1.82) is 0 Å². The van der Waals surface area contributed by atoms with Crippen molar-refractivity contribution in [3.05, 3.63) is 105 Å². The molecule has 36 heavy (non-hydrogen) atoms. The van der Waals surface area contributed by atoms with E-state index in [0.29, 0.717) is 5.92 Å². The molecule has 0 spiro atoms. The Bertz CT molecular complexity index is 1550. The van der Waals surface area contributed by atoms with E-state index in [1.165, 1.54) is 61.2 Å². The molecule has 0 amide bonds. The van der Waals surface area contributed by atoms with Crippen molar-refractivity contribution in [2.24, 2.45) is 0 Å². The Morgan fingerprint density at radius 2 is 1.08 bits per heavy atom. The van der Waals surface area contributed by atoms with Gasteiger partial charge < -0.3 is 15.3 Å². The quantitative estimate of drug-likeness (QED) is 0.201. The van der Waals surface area contributed by atoms with E-state index >= 15 is 0 Å². The van der Waals surface area contributed by atoms with Gasteiger partial charge in [0, 0.05) is 70.6 Å². The van der Waals surface area contributed by atoms with Crippen molar-refractivity contribution in [1.82, 2.24) is 15.3 Å². The van der Waals surface area contributed by atoms with Crippen molar-refractivity contribution in [3.63, 3.8) is 0 Å². The average Bonchev–Trinajstić information content (AvgIpc) is 3.76. The summed E-state index contributed by atoms with van der Waals surface area (Å²) in [4.78, 5) is 6.44. The van der Waals surface area contributed by atoms with E-state index in [1.807, 2.05) is 12.4 Å². The number of H-pyrrole nitrogens is 2. The van der Waals surface area contributed by atoms with Crippen LogP contribution in [-0.2, 0) is 0 Å². The Morgan fingerprint density at radius 3 is 1.58 bits per heavy atom. The third kappa shape index (κ3) is 3.78. The molecule has 6 heteroatoms. The molecule has 0 radical (unpaired) electrons. The van der Waals surface area contributed by atoms with Crippen LogP contribution in [0.4, 0.5) is 0 Å². The maximum Gasteiger partial charge on any atom is 0.0246 e. The number of aromatic nitrogens is 2. The second-order valence-electron chi connectivity index (χ2n) is 9.01. The molecule has 0 saturated heterocycles. The fraction of sp³-hybridized carbons (Fsp3) is 0.0667. The summed E-state index contributed by atoms with van der Waals surface area (Å²) in [7, 11) is 0. The zero-order valence-corrected chi connectivity index (χ0v) is 21.8. The van der Waals surface area contributed by atoms with Crippen LogP contribution in [0.1, 0.15) is 11.5 Å². The van der Waals surface area contributed by atoms with E-state index in [4.69, 9.17) is 0 Å². The van der Waals surface area contributed by atoms with Gasteiger partial charge in [-0.1, -0.05) is 6.08 Å². The fourth-order valence-corrected chi connectivity index (χ4v) is 7.71. The summed E-state index contributed by atoms with van der Waals surface area (Å²) in [5.74, 6) is 0.409. The summed E-state index contributed by atoms with van der Waals surface area (Å²) in [6.07, 6.45) is 12.5. The Hall–Kier alpha value is -3.58. The molecule has 0 saturated carbocycles. The minimum atomic E-state index is 0.409. The van der Waals surface area contributed by atoms with E-state index < -0.39 is 0 Å². The minimum Gasteiger partial charge on any atom is -0.390 e. The number of hydrogen-bond acceptors (Lipinski definition) is 4. The predicted octanol–water partition coefficient (Wildman–Crippen LogP) is 9.06. The van der Waals surface area contributed by atoms with Gasteiger partial charge >= 0.3 is 0 Å². The monoisotopic (exact) mass is 521 g/mol. The second-order valence-corrected chi connectivity index (χ2v) is 11.2. The normalized spacial score (nSPS) is 14.9. The molecule has 1 aromatic carbocycles. The standard InChI is InChI=1S/C30H23N3S3/c1-4-31-10-19(1)25-13-34-16-28(25)22-7-23(29-17-35-14-26(29)20-2-5-32-11-20)9-24(8-22)30-18-36-15-27(30)21-3-6-33-12-21/h1-11,13-18,21,31-33H,12H2. The Kier molecular flexibility index (Phi) is 5.50. The first-order chi connectivity index (χ1) is 17.8. The molecule has 1 aliphatic rings. The highest BCUT2D eigenvalue weighted by molar-refractivity contribution is 7.09. The predicted molar refractivity (Wildman–Crippen MR) is 156 cm³/mol. The van der Waals surface area contributed by atoms with Gasteiger partial charge in [0.2, 0.25) is 0 Å². The molecular weight excluding hydrogens is 499 g/mol. The molecule has 176 valence electrons. The van der Waals surface area contributed by atoms with Crippen LogP contribution in [0.3, 0.4) is 0 Å². The summed E-state index contributed by atoms with van der Waals surface area (Å²) in [6.45, 7) is 0.959. The molecule has 0 aliphatic carbocycles. The minimum absolute atomic E-state index is 0.409. The van der Waals surface area contributed by atoms with Crippen molar-refractivity contribution in [2.75, 3.05) is 6.54 Å². The van der Waals surface area contributed by atoms with Crippen LogP contribution in [0, 0.1) is 0 Å². The first-order valence-electron chi connectivity index (χ1n) is 11.9. The van der Waals surface area contributed by atoms with Gasteiger partial charge in [-0.3, -0.25) is 0 Å². The summed E-state index contributed by atoms with van der Waals surface area (Å²) in [5, 5.41) is 17.1. The average molecular weight is 522 g/mol. The first-order valence-corrected chi connectivity index (χ1v) is 14.7. The van der Waals surface area contributed by atoms with Gasteiger partial charge in [0.1, 0.15) is 0 Å². The van der Waals surface area contributed by atoms with Crippen molar-refractivity contribution >= 4 is 34.0 Å². The molecular formula is C30H23N3S3. The largest absolute Gasteiger partial charge is 0.390 e. The SMILES string of the molecule is C1=CC(c2cscc2-c2cc(-c3cscc3-c3cc[nH]c3)cc(-c3cscc3-c3cc[nH]c3)c2)CN1. The maximum atomic E-state index is 3.37. The topological polar surface area (TPSA) is 43.6 Å². The third-order valence-electron chi connectivity index (χ3n) is 6.88. The highest BCUT2D eigenvalue weighted by Gasteiger charge is 2.20. The lowest BCUT2D eigenvalue weighted by Crippen LogP contribution is -2.07. The molecule has 6 heterocycles. The van der Waals surface area contributed by atoms with Crippen LogP contribution in [0.15, 0.2) is 99.7 Å². The lowest BCUT2D eigenvalue weighted by Gasteiger charge is -2.14. The number of rotatable bonds is 6. The molecule has 3 N–H and O–H groups in total. The van der Waals surface area contributed by atoms with Gasteiger partial charge in [-0.05, 0) is 96.6 Å². The molecule has 7 rings (SSSR count). The fourth-order valence-electron chi connectivity index (χ4n) is 5.05. The number of hydrogen-bond donors (Lipinski definition) is 3. The van der Waals surface area contributed by atoms with E-state index in [2.05, 4.69) is 103 Å². The van der Waals surface area contributed by atoms with Crippen LogP contribution in [0.2, 0.25) is 0 Å². The summed E-state index contributed by atoms with van der Waals surface area (Å²) >= 11 is 5.31. The molecule has 1 unspecified atom stereocenters. The lowest BCUT2D eigenvalue weighted by atomic mass is 9.89. The molecule has 1 aliphatic heterocycles.